The molecule has 0 saturated carbocycles. The number of carbonyl (C=O) groups is 1. The van der Waals surface area contributed by atoms with Crippen LogP contribution in [0.3, 0.4) is 0 Å². The van der Waals surface area contributed by atoms with Crippen LogP contribution < -0.4 is 0 Å². The van der Waals surface area contributed by atoms with E-state index in [1.807, 2.05) is 0 Å². The molecule has 0 aromatic heterocycles. The predicted molar refractivity (Wildman–Crippen MR) is 73.5 cm³/mol. The Morgan fingerprint density at radius 3 is 1.54 bits per heavy atom. The SMILES string of the molecule is N#Cc1c(F)cc(C=O)cc1F.N#Cc1c(F)cc(CO)cc1F. The molecule has 0 aliphatic carbocycles. The fraction of sp³-hybridized carbons (Fsp3) is 0.0625. The normalized spacial score (nSPS) is 9.29. The van der Waals surface area contributed by atoms with Gasteiger partial charge in [0.15, 0.2) is 0 Å². The zero-order valence-electron chi connectivity index (χ0n) is 11.9. The van der Waals surface area contributed by atoms with E-state index in [2.05, 4.69) is 0 Å². The molecular formula is C16H8F4N2O2. The van der Waals surface area contributed by atoms with Gasteiger partial charge in [-0.3, -0.25) is 4.79 Å². The first-order chi connectivity index (χ1) is 11.4. The lowest BCUT2D eigenvalue weighted by Gasteiger charge is -1.98. The number of hydrogen-bond acceptors (Lipinski definition) is 4. The minimum Gasteiger partial charge on any atom is -0.392 e. The van der Waals surface area contributed by atoms with Crippen LogP contribution in [-0.2, 0) is 6.61 Å². The van der Waals surface area contributed by atoms with E-state index in [-0.39, 0.29) is 11.1 Å². The summed E-state index contributed by atoms with van der Waals surface area (Å²) in [6, 6.07) is 6.22. The van der Waals surface area contributed by atoms with Crippen molar-refractivity contribution in [1.82, 2.24) is 0 Å². The number of nitriles is 2. The Hall–Kier alpha value is -3.23. The number of aliphatic hydroxyl groups excluding tert-OH is 1. The average Bonchev–Trinajstić information content (AvgIpc) is 2.54. The van der Waals surface area contributed by atoms with Crippen LogP contribution in [0.1, 0.15) is 27.0 Å². The second-order valence-electron chi connectivity index (χ2n) is 4.29. The highest BCUT2D eigenvalue weighted by molar-refractivity contribution is 5.75. The average molecular weight is 336 g/mol. The molecule has 2 aromatic carbocycles. The summed E-state index contributed by atoms with van der Waals surface area (Å²) >= 11 is 0. The van der Waals surface area contributed by atoms with Gasteiger partial charge in [-0.2, -0.15) is 10.5 Å². The maximum Gasteiger partial charge on any atom is 0.150 e. The smallest absolute Gasteiger partial charge is 0.150 e. The van der Waals surface area contributed by atoms with E-state index in [1.165, 1.54) is 12.1 Å². The lowest BCUT2D eigenvalue weighted by atomic mass is 10.1. The number of rotatable bonds is 2. The van der Waals surface area contributed by atoms with Gasteiger partial charge in [0.1, 0.15) is 52.8 Å². The van der Waals surface area contributed by atoms with Crippen LogP contribution in [0.25, 0.3) is 0 Å². The van der Waals surface area contributed by atoms with Crippen LogP contribution in [0.2, 0.25) is 0 Å². The Bertz CT molecular complexity index is 808. The summed E-state index contributed by atoms with van der Waals surface area (Å²) in [6.07, 6.45) is 0.313. The first kappa shape index (κ1) is 18.8. The van der Waals surface area contributed by atoms with Crippen LogP contribution in [0, 0.1) is 45.9 Å². The fourth-order valence-corrected chi connectivity index (χ4v) is 1.59. The van der Waals surface area contributed by atoms with Crippen LogP contribution in [0.15, 0.2) is 24.3 Å². The third-order valence-electron chi connectivity index (χ3n) is 2.71. The largest absolute Gasteiger partial charge is 0.392 e. The predicted octanol–water partition coefficient (Wildman–Crippen LogP) is 2.98. The summed E-state index contributed by atoms with van der Waals surface area (Å²) in [5, 5.41) is 25.0. The van der Waals surface area contributed by atoms with Crippen molar-refractivity contribution in [2.24, 2.45) is 0 Å². The monoisotopic (exact) mass is 336 g/mol. The van der Waals surface area contributed by atoms with E-state index in [1.54, 1.807) is 0 Å². The van der Waals surface area contributed by atoms with Crippen molar-refractivity contribution < 1.29 is 27.5 Å². The van der Waals surface area contributed by atoms with E-state index >= 15 is 0 Å². The molecular weight excluding hydrogens is 328 g/mol. The van der Waals surface area contributed by atoms with Gasteiger partial charge in [-0.1, -0.05) is 0 Å². The van der Waals surface area contributed by atoms with Gasteiger partial charge in [0, 0.05) is 5.56 Å². The highest BCUT2D eigenvalue weighted by atomic mass is 19.1. The number of halogens is 4. The summed E-state index contributed by atoms with van der Waals surface area (Å²) in [7, 11) is 0. The zero-order valence-corrected chi connectivity index (χ0v) is 11.9. The molecule has 0 atom stereocenters. The molecule has 8 heteroatoms. The maximum atomic E-state index is 12.7. The van der Waals surface area contributed by atoms with Crippen molar-refractivity contribution in [2.45, 2.75) is 6.61 Å². The van der Waals surface area contributed by atoms with Gasteiger partial charge in [0.25, 0.3) is 0 Å². The number of carbonyl (C=O) groups excluding carboxylic acids is 1. The van der Waals surface area contributed by atoms with E-state index in [4.69, 9.17) is 15.6 Å². The van der Waals surface area contributed by atoms with Gasteiger partial charge in [-0.25, -0.2) is 17.6 Å². The number of hydrogen-bond donors (Lipinski definition) is 1. The molecule has 0 aliphatic heterocycles. The molecule has 0 heterocycles. The van der Waals surface area contributed by atoms with Crippen LogP contribution >= 0.6 is 0 Å². The summed E-state index contributed by atoms with van der Waals surface area (Å²) < 4.78 is 50.8. The van der Waals surface area contributed by atoms with E-state index in [9.17, 15) is 22.4 Å². The number of benzene rings is 2. The number of aldehydes is 1. The molecule has 0 aliphatic rings. The Balaban J connectivity index is 0.000000240. The summed E-state index contributed by atoms with van der Waals surface area (Å²) in [5.41, 5.74) is -1.29. The van der Waals surface area contributed by atoms with Crippen molar-refractivity contribution in [3.05, 3.63) is 69.8 Å². The highest BCUT2D eigenvalue weighted by Crippen LogP contribution is 2.14. The molecule has 2 rings (SSSR count). The van der Waals surface area contributed by atoms with E-state index in [0.29, 0.717) is 6.29 Å². The lowest BCUT2D eigenvalue weighted by molar-refractivity contribution is 0.112. The summed E-state index contributed by atoms with van der Waals surface area (Å²) in [5.74, 6) is -3.91. The molecule has 2 aromatic rings. The first-order valence-electron chi connectivity index (χ1n) is 6.21. The number of nitrogens with zero attached hydrogens (tertiary/aromatic N) is 2. The fourth-order valence-electron chi connectivity index (χ4n) is 1.59. The van der Waals surface area contributed by atoms with Gasteiger partial charge < -0.3 is 5.11 Å². The van der Waals surface area contributed by atoms with Crippen LogP contribution in [0.4, 0.5) is 17.6 Å². The quantitative estimate of drug-likeness (QED) is 0.675. The minimum absolute atomic E-state index is 0.115. The van der Waals surface area contributed by atoms with Gasteiger partial charge in [0.2, 0.25) is 0 Å². The highest BCUT2D eigenvalue weighted by Gasteiger charge is 2.10. The second kappa shape index (κ2) is 8.42. The summed E-state index contributed by atoms with van der Waals surface area (Å²) in [4.78, 5) is 10.1. The van der Waals surface area contributed by atoms with Gasteiger partial charge >= 0.3 is 0 Å². The van der Waals surface area contributed by atoms with Crippen molar-refractivity contribution in [3.8, 4) is 12.1 Å². The molecule has 1 N–H and O–H groups in total. The second-order valence-corrected chi connectivity index (χ2v) is 4.29. The van der Waals surface area contributed by atoms with Crippen molar-refractivity contribution in [2.75, 3.05) is 0 Å². The third kappa shape index (κ3) is 4.38. The molecule has 24 heavy (non-hydrogen) atoms. The number of aliphatic hydroxyl groups is 1. The van der Waals surface area contributed by atoms with E-state index < -0.39 is 41.0 Å². The molecule has 0 amide bonds. The topological polar surface area (TPSA) is 84.9 Å². The van der Waals surface area contributed by atoms with Gasteiger partial charge in [0.05, 0.1) is 6.61 Å². The first-order valence-corrected chi connectivity index (χ1v) is 6.21. The molecule has 0 spiro atoms. The van der Waals surface area contributed by atoms with Crippen molar-refractivity contribution >= 4 is 6.29 Å². The van der Waals surface area contributed by atoms with Gasteiger partial charge in [-0.15, -0.1) is 0 Å². The standard InChI is InChI=1S/C8H5F2NO.C8H3F2NO/c2*9-7-1-5(4-12)2-8(10)6(7)3-11/h1-2,12H,4H2;1-2,4H. The van der Waals surface area contributed by atoms with Crippen molar-refractivity contribution in [1.29, 1.82) is 10.5 Å². The minimum atomic E-state index is -1.01. The molecule has 0 saturated heterocycles. The third-order valence-corrected chi connectivity index (χ3v) is 2.71. The van der Waals surface area contributed by atoms with E-state index in [0.717, 1.165) is 24.3 Å². The van der Waals surface area contributed by atoms with Crippen LogP contribution in [-0.4, -0.2) is 11.4 Å². The Morgan fingerprint density at radius 2 is 1.25 bits per heavy atom. The lowest BCUT2D eigenvalue weighted by Crippen LogP contribution is -1.94. The Morgan fingerprint density at radius 1 is 0.875 bits per heavy atom. The zero-order chi connectivity index (χ0) is 18.3. The molecule has 0 fully saturated rings. The maximum absolute atomic E-state index is 12.7. The Labute approximate surface area is 133 Å². The molecule has 0 unspecified atom stereocenters. The molecule has 0 radical (unpaired) electrons. The molecule has 0 bridgehead atoms. The Kier molecular flexibility index (Phi) is 6.60. The summed E-state index contributed by atoms with van der Waals surface area (Å²) in [6.45, 7) is -0.445. The van der Waals surface area contributed by atoms with Crippen LogP contribution in [0.5, 0.6) is 0 Å². The van der Waals surface area contributed by atoms with Gasteiger partial charge in [-0.05, 0) is 29.8 Å². The molecule has 122 valence electrons. The van der Waals surface area contributed by atoms with Crippen molar-refractivity contribution in [3.63, 3.8) is 0 Å². The molecule has 4 nitrogen and oxygen atoms in total.